The first-order valence-corrected chi connectivity index (χ1v) is 5.35. The first-order valence-electron chi connectivity index (χ1n) is 5.35. The average Bonchev–Trinajstić information content (AvgIpc) is 2.87. The topological polar surface area (TPSA) is 51.6 Å². The minimum absolute atomic E-state index is 0.469. The summed E-state index contributed by atoms with van der Waals surface area (Å²) in [4.78, 5) is 2.27. The second kappa shape index (κ2) is 4.79. The van der Waals surface area contributed by atoms with Crippen LogP contribution in [0.25, 0.3) is 0 Å². The summed E-state index contributed by atoms with van der Waals surface area (Å²) in [6, 6.07) is 4.46. The fraction of sp³-hybridized carbons (Fsp3) is 0.636. The molecule has 4 nitrogen and oxygen atoms in total. The average molecular weight is 210 g/mol. The molecule has 0 aliphatic carbocycles. The Hall–Kier alpha value is -0.840. The van der Waals surface area contributed by atoms with E-state index in [0.29, 0.717) is 12.6 Å². The van der Waals surface area contributed by atoms with Gasteiger partial charge in [0.2, 0.25) is 0 Å². The van der Waals surface area contributed by atoms with Crippen molar-refractivity contribution in [1.29, 1.82) is 0 Å². The molecule has 4 heteroatoms. The zero-order valence-electron chi connectivity index (χ0n) is 9.11. The number of rotatable bonds is 4. The van der Waals surface area contributed by atoms with Gasteiger partial charge in [0.05, 0.1) is 19.7 Å². The lowest BCUT2D eigenvalue weighted by Gasteiger charge is -2.21. The lowest BCUT2D eigenvalue weighted by molar-refractivity contribution is 0.151. The molecule has 1 aromatic heterocycles. The molecule has 0 spiro atoms. The normalized spacial score (nSPS) is 21.4. The van der Waals surface area contributed by atoms with Crippen molar-refractivity contribution in [3.63, 3.8) is 0 Å². The third-order valence-corrected chi connectivity index (χ3v) is 2.85. The highest BCUT2D eigenvalue weighted by atomic mass is 16.5. The van der Waals surface area contributed by atoms with E-state index in [-0.39, 0.29) is 0 Å². The van der Waals surface area contributed by atoms with E-state index in [1.807, 2.05) is 12.1 Å². The van der Waals surface area contributed by atoms with Crippen LogP contribution in [-0.2, 0) is 17.8 Å². The first kappa shape index (κ1) is 10.7. The van der Waals surface area contributed by atoms with E-state index in [4.69, 9.17) is 14.9 Å². The summed E-state index contributed by atoms with van der Waals surface area (Å²) < 4.78 is 10.9. The molecule has 1 aliphatic rings. The molecule has 2 N–H and O–H groups in total. The van der Waals surface area contributed by atoms with Crippen molar-refractivity contribution in [3.05, 3.63) is 23.7 Å². The molecule has 15 heavy (non-hydrogen) atoms. The van der Waals surface area contributed by atoms with Crippen molar-refractivity contribution in [2.24, 2.45) is 5.73 Å². The van der Waals surface area contributed by atoms with Gasteiger partial charge in [-0.3, -0.25) is 4.90 Å². The van der Waals surface area contributed by atoms with E-state index in [2.05, 4.69) is 11.9 Å². The molecule has 0 radical (unpaired) electrons. The highest BCUT2D eigenvalue weighted by Gasteiger charge is 2.20. The Balaban J connectivity index is 1.89. The van der Waals surface area contributed by atoms with Gasteiger partial charge in [0.1, 0.15) is 11.5 Å². The van der Waals surface area contributed by atoms with Crippen LogP contribution in [-0.4, -0.2) is 31.2 Å². The maximum Gasteiger partial charge on any atom is 0.118 e. The van der Waals surface area contributed by atoms with Crippen LogP contribution in [0.2, 0.25) is 0 Å². The van der Waals surface area contributed by atoms with Gasteiger partial charge in [0, 0.05) is 12.6 Å². The van der Waals surface area contributed by atoms with Gasteiger partial charge in [-0.1, -0.05) is 0 Å². The van der Waals surface area contributed by atoms with Gasteiger partial charge >= 0.3 is 0 Å². The number of hydrogen-bond donors (Lipinski definition) is 1. The molecule has 2 heterocycles. The van der Waals surface area contributed by atoms with Gasteiger partial charge in [0.15, 0.2) is 0 Å². The van der Waals surface area contributed by atoms with Gasteiger partial charge in [0.25, 0.3) is 0 Å². The summed E-state index contributed by atoms with van der Waals surface area (Å²) in [5.74, 6) is 1.82. The quantitative estimate of drug-likeness (QED) is 0.804. The predicted molar refractivity (Wildman–Crippen MR) is 57.3 cm³/mol. The fourth-order valence-electron chi connectivity index (χ4n) is 1.86. The molecule has 1 aliphatic heterocycles. The molecule has 0 saturated carbocycles. The van der Waals surface area contributed by atoms with E-state index in [9.17, 15) is 0 Å². The Morgan fingerprint density at radius 3 is 2.87 bits per heavy atom. The standard InChI is InChI=1S/C11H18N2O2/c1-13(9-4-5-14-8-9)7-11-3-2-10(6-12)15-11/h2-3,9H,4-8,12H2,1H3. The van der Waals surface area contributed by atoms with Crippen LogP contribution in [0.15, 0.2) is 16.5 Å². The molecule has 1 fully saturated rings. The third-order valence-electron chi connectivity index (χ3n) is 2.85. The van der Waals surface area contributed by atoms with Crippen molar-refractivity contribution in [2.45, 2.75) is 25.6 Å². The van der Waals surface area contributed by atoms with Crippen molar-refractivity contribution in [1.82, 2.24) is 4.90 Å². The third kappa shape index (κ3) is 2.59. The molecule has 0 aromatic carbocycles. The number of furan rings is 1. The second-order valence-electron chi connectivity index (χ2n) is 4.00. The number of nitrogens with two attached hydrogens (primary N) is 1. The Bertz CT molecular complexity index is 305. The predicted octanol–water partition coefficient (Wildman–Crippen LogP) is 0.959. The summed E-state index contributed by atoms with van der Waals surface area (Å²) in [5.41, 5.74) is 5.49. The van der Waals surface area contributed by atoms with E-state index in [0.717, 1.165) is 37.7 Å². The lowest BCUT2D eigenvalue weighted by atomic mass is 10.2. The molecule has 1 aromatic rings. The molecule has 84 valence electrons. The molecule has 0 bridgehead atoms. The van der Waals surface area contributed by atoms with Gasteiger partial charge < -0.3 is 14.9 Å². The Morgan fingerprint density at radius 1 is 1.47 bits per heavy atom. The lowest BCUT2D eigenvalue weighted by Crippen LogP contribution is -2.31. The molecular weight excluding hydrogens is 192 g/mol. The number of hydrogen-bond acceptors (Lipinski definition) is 4. The summed E-state index contributed by atoms with van der Waals surface area (Å²) >= 11 is 0. The molecule has 1 atom stereocenters. The van der Waals surface area contributed by atoms with Crippen LogP contribution in [0.4, 0.5) is 0 Å². The highest BCUT2D eigenvalue weighted by molar-refractivity contribution is 5.06. The minimum atomic E-state index is 0.469. The molecule has 1 saturated heterocycles. The summed E-state index contributed by atoms with van der Waals surface area (Å²) in [6.45, 7) is 3.01. The van der Waals surface area contributed by atoms with Crippen LogP contribution in [0.5, 0.6) is 0 Å². The number of ether oxygens (including phenoxy) is 1. The van der Waals surface area contributed by atoms with E-state index in [1.54, 1.807) is 0 Å². The van der Waals surface area contributed by atoms with Crippen molar-refractivity contribution in [2.75, 3.05) is 20.3 Å². The largest absolute Gasteiger partial charge is 0.463 e. The fourth-order valence-corrected chi connectivity index (χ4v) is 1.86. The molecule has 2 rings (SSSR count). The maximum atomic E-state index is 5.56. The highest BCUT2D eigenvalue weighted by Crippen LogP contribution is 2.15. The number of nitrogens with zero attached hydrogens (tertiary/aromatic N) is 1. The monoisotopic (exact) mass is 210 g/mol. The van der Waals surface area contributed by atoms with Crippen LogP contribution in [0, 0.1) is 0 Å². The Labute approximate surface area is 90.0 Å². The van der Waals surface area contributed by atoms with E-state index in [1.165, 1.54) is 0 Å². The molecule has 0 amide bonds. The van der Waals surface area contributed by atoms with Crippen molar-refractivity contribution >= 4 is 0 Å². The summed E-state index contributed by atoms with van der Waals surface area (Å²) in [5, 5.41) is 0. The van der Waals surface area contributed by atoms with Crippen LogP contribution >= 0.6 is 0 Å². The Kier molecular flexibility index (Phi) is 3.41. The summed E-state index contributed by atoms with van der Waals surface area (Å²) in [6.07, 6.45) is 1.11. The Morgan fingerprint density at radius 2 is 2.27 bits per heavy atom. The minimum Gasteiger partial charge on any atom is -0.463 e. The van der Waals surface area contributed by atoms with Crippen molar-refractivity contribution < 1.29 is 9.15 Å². The first-order chi connectivity index (χ1) is 7.29. The zero-order chi connectivity index (χ0) is 10.7. The van der Waals surface area contributed by atoms with Crippen LogP contribution in [0.1, 0.15) is 17.9 Å². The van der Waals surface area contributed by atoms with Gasteiger partial charge in [-0.25, -0.2) is 0 Å². The van der Waals surface area contributed by atoms with E-state index >= 15 is 0 Å². The smallest absolute Gasteiger partial charge is 0.118 e. The van der Waals surface area contributed by atoms with Crippen molar-refractivity contribution in [3.8, 4) is 0 Å². The molecular formula is C11H18N2O2. The maximum absolute atomic E-state index is 5.56. The second-order valence-corrected chi connectivity index (χ2v) is 4.00. The SMILES string of the molecule is CN(Cc1ccc(CN)o1)C1CCOC1. The van der Waals surface area contributed by atoms with Gasteiger partial charge in [-0.2, -0.15) is 0 Å². The van der Waals surface area contributed by atoms with Crippen LogP contribution < -0.4 is 5.73 Å². The van der Waals surface area contributed by atoms with E-state index < -0.39 is 0 Å². The van der Waals surface area contributed by atoms with Crippen LogP contribution in [0.3, 0.4) is 0 Å². The van der Waals surface area contributed by atoms with Gasteiger partial charge in [-0.15, -0.1) is 0 Å². The molecule has 1 unspecified atom stereocenters. The number of likely N-dealkylation sites (N-methyl/N-ethyl adjacent to an activating group) is 1. The summed E-state index contributed by atoms with van der Waals surface area (Å²) in [7, 11) is 2.10. The zero-order valence-corrected chi connectivity index (χ0v) is 9.11. The van der Waals surface area contributed by atoms with Gasteiger partial charge in [-0.05, 0) is 25.6 Å².